The molecule has 1 heterocycles. The molecule has 0 unspecified atom stereocenters. The molecule has 26 heavy (non-hydrogen) atoms. The number of benzene rings is 2. The zero-order chi connectivity index (χ0) is 18.6. The molecule has 134 valence electrons. The van der Waals surface area contributed by atoms with E-state index in [9.17, 15) is 13.2 Å². The minimum Gasteiger partial charge on any atom is -0.350 e. The number of halogens is 3. The van der Waals surface area contributed by atoms with E-state index in [0.29, 0.717) is 24.0 Å². The highest BCUT2D eigenvalue weighted by Gasteiger charge is 2.29. The fourth-order valence-electron chi connectivity index (χ4n) is 2.29. The Hall–Kier alpha value is -3.09. The number of hydrogen-bond donors (Lipinski definition) is 2. The van der Waals surface area contributed by atoms with E-state index in [-0.39, 0.29) is 0 Å². The molecular formula is C19H17F3N4. The fraction of sp³-hybridized carbons (Fsp3) is 0.158. The SMILES string of the molecule is Cc1ccc(CNc2nccc(Nc3ccc(C(F)(F)F)cc3)n2)cc1. The molecule has 0 amide bonds. The zero-order valence-electron chi connectivity index (χ0n) is 14.0. The summed E-state index contributed by atoms with van der Waals surface area (Å²) in [4.78, 5) is 8.47. The van der Waals surface area contributed by atoms with E-state index in [2.05, 4.69) is 20.6 Å². The summed E-state index contributed by atoms with van der Waals surface area (Å²) in [5.41, 5.74) is 2.11. The molecule has 4 nitrogen and oxygen atoms in total. The highest BCUT2D eigenvalue weighted by atomic mass is 19.4. The van der Waals surface area contributed by atoms with Crippen LogP contribution in [0.4, 0.5) is 30.6 Å². The Labute approximate surface area is 149 Å². The van der Waals surface area contributed by atoms with Crippen LogP contribution in [0.5, 0.6) is 0 Å². The molecule has 2 aromatic carbocycles. The molecular weight excluding hydrogens is 341 g/mol. The van der Waals surface area contributed by atoms with Gasteiger partial charge in [0.1, 0.15) is 5.82 Å². The van der Waals surface area contributed by atoms with Crippen LogP contribution >= 0.6 is 0 Å². The van der Waals surface area contributed by atoms with E-state index in [1.165, 1.54) is 17.7 Å². The summed E-state index contributed by atoms with van der Waals surface area (Å²) in [6, 6.07) is 14.5. The molecule has 2 N–H and O–H groups in total. The van der Waals surface area contributed by atoms with Gasteiger partial charge >= 0.3 is 6.18 Å². The van der Waals surface area contributed by atoms with Crippen LogP contribution < -0.4 is 10.6 Å². The first-order chi connectivity index (χ1) is 12.4. The molecule has 0 aliphatic carbocycles. The maximum Gasteiger partial charge on any atom is 0.416 e. The minimum absolute atomic E-state index is 0.433. The summed E-state index contributed by atoms with van der Waals surface area (Å²) in [7, 11) is 0. The number of rotatable bonds is 5. The lowest BCUT2D eigenvalue weighted by atomic mass is 10.1. The number of nitrogens with one attached hydrogen (secondary N) is 2. The van der Waals surface area contributed by atoms with Crippen molar-refractivity contribution in [1.29, 1.82) is 0 Å². The van der Waals surface area contributed by atoms with Crippen molar-refractivity contribution in [2.75, 3.05) is 10.6 Å². The molecule has 0 bridgehead atoms. The van der Waals surface area contributed by atoms with Crippen molar-refractivity contribution in [3.63, 3.8) is 0 Å². The van der Waals surface area contributed by atoms with E-state index in [0.717, 1.165) is 17.7 Å². The third-order valence-corrected chi connectivity index (χ3v) is 3.71. The smallest absolute Gasteiger partial charge is 0.350 e. The predicted molar refractivity (Wildman–Crippen MR) is 95.3 cm³/mol. The lowest BCUT2D eigenvalue weighted by molar-refractivity contribution is -0.137. The lowest BCUT2D eigenvalue weighted by Gasteiger charge is -2.10. The second-order valence-corrected chi connectivity index (χ2v) is 5.80. The normalized spacial score (nSPS) is 11.2. The lowest BCUT2D eigenvalue weighted by Crippen LogP contribution is -2.06. The van der Waals surface area contributed by atoms with E-state index in [4.69, 9.17) is 0 Å². The van der Waals surface area contributed by atoms with Gasteiger partial charge in [0, 0.05) is 18.4 Å². The van der Waals surface area contributed by atoms with Gasteiger partial charge < -0.3 is 10.6 Å². The highest BCUT2D eigenvalue weighted by molar-refractivity contribution is 5.57. The van der Waals surface area contributed by atoms with Gasteiger partial charge in [0.25, 0.3) is 0 Å². The van der Waals surface area contributed by atoms with Gasteiger partial charge in [-0.1, -0.05) is 29.8 Å². The summed E-state index contributed by atoms with van der Waals surface area (Å²) >= 11 is 0. The van der Waals surface area contributed by atoms with Gasteiger partial charge in [0.05, 0.1) is 5.56 Å². The Kier molecular flexibility index (Phi) is 5.06. The molecule has 0 atom stereocenters. The predicted octanol–water partition coefficient (Wildman–Crippen LogP) is 5.16. The summed E-state index contributed by atoms with van der Waals surface area (Å²) in [5.74, 6) is 0.925. The topological polar surface area (TPSA) is 49.8 Å². The van der Waals surface area contributed by atoms with E-state index < -0.39 is 11.7 Å². The van der Waals surface area contributed by atoms with Crippen molar-refractivity contribution in [1.82, 2.24) is 9.97 Å². The maximum absolute atomic E-state index is 12.6. The Morgan fingerprint density at radius 3 is 2.27 bits per heavy atom. The van der Waals surface area contributed by atoms with Crippen LogP contribution in [0.3, 0.4) is 0 Å². The first-order valence-corrected chi connectivity index (χ1v) is 7.97. The minimum atomic E-state index is -4.35. The monoisotopic (exact) mass is 358 g/mol. The van der Waals surface area contributed by atoms with Crippen molar-refractivity contribution in [2.24, 2.45) is 0 Å². The van der Waals surface area contributed by atoms with Gasteiger partial charge in [-0.15, -0.1) is 0 Å². The van der Waals surface area contributed by atoms with Crippen LogP contribution in [0.15, 0.2) is 60.8 Å². The van der Waals surface area contributed by atoms with E-state index >= 15 is 0 Å². The average molecular weight is 358 g/mol. The largest absolute Gasteiger partial charge is 0.416 e. The second-order valence-electron chi connectivity index (χ2n) is 5.80. The number of aromatic nitrogens is 2. The third-order valence-electron chi connectivity index (χ3n) is 3.71. The molecule has 7 heteroatoms. The molecule has 0 aliphatic heterocycles. The van der Waals surface area contributed by atoms with Crippen LogP contribution in [0.2, 0.25) is 0 Å². The molecule has 0 aliphatic rings. The molecule has 0 saturated heterocycles. The molecule has 0 saturated carbocycles. The Balaban J connectivity index is 1.64. The van der Waals surface area contributed by atoms with E-state index in [1.807, 2.05) is 31.2 Å². The van der Waals surface area contributed by atoms with Crippen molar-refractivity contribution < 1.29 is 13.2 Å². The number of nitrogens with zero attached hydrogens (tertiary/aromatic N) is 2. The first-order valence-electron chi connectivity index (χ1n) is 7.97. The molecule has 0 fully saturated rings. The molecule has 0 radical (unpaired) electrons. The average Bonchev–Trinajstić information content (AvgIpc) is 2.61. The van der Waals surface area contributed by atoms with Crippen LogP contribution in [0.1, 0.15) is 16.7 Å². The van der Waals surface area contributed by atoms with Crippen molar-refractivity contribution >= 4 is 17.5 Å². The van der Waals surface area contributed by atoms with Crippen LogP contribution in [0.25, 0.3) is 0 Å². The van der Waals surface area contributed by atoms with Gasteiger partial charge in [0.15, 0.2) is 0 Å². The number of aryl methyl sites for hydroxylation is 1. The van der Waals surface area contributed by atoms with E-state index in [1.54, 1.807) is 12.3 Å². The Morgan fingerprint density at radius 2 is 1.62 bits per heavy atom. The fourth-order valence-corrected chi connectivity index (χ4v) is 2.29. The van der Waals surface area contributed by atoms with Crippen molar-refractivity contribution in [3.05, 3.63) is 77.5 Å². The third kappa shape index (κ3) is 4.72. The highest BCUT2D eigenvalue weighted by Crippen LogP contribution is 2.30. The van der Waals surface area contributed by atoms with Crippen LogP contribution in [0, 0.1) is 6.92 Å². The molecule has 1 aromatic heterocycles. The van der Waals surface area contributed by atoms with Crippen molar-refractivity contribution in [2.45, 2.75) is 19.6 Å². The summed E-state index contributed by atoms with van der Waals surface area (Å²) in [6.45, 7) is 2.60. The first kappa shape index (κ1) is 17.7. The summed E-state index contributed by atoms with van der Waals surface area (Å²) in [6.07, 6.45) is -2.77. The standard InChI is InChI=1S/C19H17F3N4/c1-13-2-4-14(5-3-13)12-24-18-23-11-10-17(26-18)25-16-8-6-15(7-9-16)19(20,21)22/h2-11H,12H2,1H3,(H2,23,24,25,26). The zero-order valence-corrected chi connectivity index (χ0v) is 14.0. The molecule has 3 rings (SSSR count). The number of alkyl halides is 3. The van der Waals surface area contributed by atoms with Gasteiger partial charge in [-0.2, -0.15) is 18.2 Å². The Morgan fingerprint density at radius 1 is 0.923 bits per heavy atom. The number of hydrogen-bond acceptors (Lipinski definition) is 4. The molecule has 3 aromatic rings. The summed E-state index contributed by atoms with van der Waals surface area (Å²) in [5, 5.41) is 6.09. The van der Waals surface area contributed by atoms with Crippen molar-refractivity contribution in [3.8, 4) is 0 Å². The quantitative estimate of drug-likeness (QED) is 0.661. The van der Waals surface area contributed by atoms with Gasteiger partial charge in [-0.25, -0.2) is 4.98 Å². The molecule has 0 spiro atoms. The summed E-state index contributed by atoms with van der Waals surface area (Å²) < 4.78 is 37.8. The van der Waals surface area contributed by atoms with Gasteiger partial charge in [0.2, 0.25) is 5.95 Å². The van der Waals surface area contributed by atoms with Gasteiger partial charge in [-0.3, -0.25) is 0 Å². The maximum atomic E-state index is 12.6. The Bertz CT molecular complexity index is 859. The van der Waals surface area contributed by atoms with Crippen LogP contribution in [-0.2, 0) is 12.7 Å². The second kappa shape index (κ2) is 7.43. The van der Waals surface area contributed by atoms with Gasteiger partial charge in [-0.05, 0) is 42.8 Å². The van der Waals surface area contributed by atoms with Crippen LogP contribution in [-0.4, -0.2) is 9.97 Å². The number of anilines is 3.